The standard InChI is InChI=1S/C14H22FN5/c1-5-10(3)20-8-7-13(18-20)16-9-12-11(4)17-19(6-2)14(12)15/h7-8,10H,5-6,9H2,1-4H3,(H,16,18)/t10-/m0/s1. The van der Waals surface area contributed by atoms with Gasteiger partial charge in [0, 0.05) is 37.0 Å². The zero-order chi connectivity index (χ0) is 14.7. The normalized spacial score (nSPS) is 12.7. The van der Waals surface area contributed by atoms with E-state index in [9.17, 15) is 4.39 Å². The van der Waals surface area contributed by atoms with Gasteiger partial charge in [-0.2, -0.15) is 14.6 Å². The van der Waals surface area contributed by atoms with E-state index in [1.807, 2.05) is 30.8 Å². The molecule has 0 radical (unpaired) electrons. The molecule has 6 heteroatoms. The monoisotopic (exact) mass is 279 g/mol. The van der Waals surface area contributed by atoms with Crippen LogP contribution in [-0.2, 0) is 13.1 Å². The van der Waals surface area contributed by atoms with E-state index in [0.29, 0.717) is 24.7 Å². The van der Waals surface area contributed by atoms with Crippen molar-refractivity contribution in [2.24, 2.45) is 0 Å². The van der Waals surface area contributed by atoms with Gasteiger partial charge < -0.3 is 5.32 Å². The molecule has 0 aliphatic heterocycles. The summed E-state index contributed by atoms with van der Waals surface area (Å²) in [7, 11) is 0. The molecule has 0 saturated carbocycles. The first-order valence-corrected chi connectivity index (χ1v) is 7.07. The van der Waals surface area contributed by atoms with Gasteiger partial charge in [-0.3, -0.25) is 4.68 Å². The third kappa shape index (κ3) is 2.84. The lowest BCUT2D eigenvalue weighted by Gasteiger charge is -2.08. The molecule has 5 nitrogen and oxygen atoms in total. The van der Waals surface area contributed by atoms with Crippen LogP contribution in [0.1, 0.15) is 44.5 Å². The van der Waals surface area contributed by atoms with E-state index in [2.05, 4.69) is 29.4 Å². The quantitative estimate of drug-likeness (QED) is 0.883. The molecule has 2 heterocycles. The van der Waals surface area contributed by atoms with E-state index in [0.717, 1.165) is 17.9 Å². The van der Waals surface area contributed by atoms with Crippen molar-refractivity contribution in [1.29, 1.82) is 0 Å². The third-order valence-corrected chi connectivity index (χ3v) is 3.58. The number of hydrogen-bond acceptors (Lipinski definition) is 3. The van der Waals surface area contributed by atoms with Gasteiger partial charge in [0.05, 0.1) is 5.69 Å². The van der Waals surface area contributed by atoms with Crippen LogP contribution in [0, 0.1) is 12.9 Å². The Morgan fingerprint density at radius 2 is 2.10 bits per heavy atom. The molecular weight excluding hydrogens is 257 g/mol. The van der Waals surface area contributed by atoms with Crippen molar-refractivity contribution in [2.75, 3.05) is 5.32 Å². The van der Waals surface area contributed by atoms with Crippen LogP contribution in [0.4, 0.5) is 10.2 Å². The first-order valence-electron chi connectivity index (χ1n) is 7.07. The minimum atomic E-state index is -0.265. The molecule has 0 fully saturated rings. The van der Waals surface area contributed by atoms with Crippen molar-refractivity contribution < 1.29 is 4.39 Å². The van der Waals surface area contributed by atoms with E-state index in [-0.39, 0.29) is 5.95 Å². The van der Waals surface area contributed by atoms with Crippen molar-refractivity contribution >= 4 is 5.82 Å². The van der Waals surface area contributed by atoms with E-state index in [1.165, 1.54) is 4.68 Å². The zero-order valence-electron chi connectivity index (χ0n) is 12.5. The molecule has 0 amide bonds. The van der Waals surface area contributed by atoms with Crippen LogP contribution in [0.25, 0.3) is 0 Å². The lowest BCUT2D eigenvalue weighted by Crippen LogP contribution is -2.07. The second-order valence-electron chi connectivity index (χ2n) is 4.96. The van der Waals surface area contributed by atoms with E-state index in [1.54, 1.807) is 0 Å². The number of aryl methyl sites for hydroxylation is 2. The number of aromatic nitrogens is 4. The van der Waals surface area contributed by atoms with Gasteiger partial charge in [0.1, 0.15) is 5.82 Å². The number of nitrogens with one attached hydrogen (secondary N) is 1. The summed E-state index contributed by atoms with van der Waals surface area (Å²) >= 11 is 0. The molecule has 20 heavy (non-hydrogen) atoms. The van der Waals surface area contributed by atoms with Gasteiger partial charge >= 0.3 is 0 Å². The van der Waals surface area contributed by atoms with E-state index in [4.69, 9.17) is 0 Å². The molecule has 0 aliphatic rings. The Hall–Kier alpha value is -1.85. The van der Waals surface area contributed by atoms with Gasteiger partial charge in [0.2, 0.25) is 5.95 Å². The van der Waals surface area contributed by atoms with Gasteiger partial charge in [-0.1, -0.05) is 6.92 Å². The Balaban J connectivity index is 2.05. The number of rotatable bonds is 6. The smallest absolute Gasteiger partial charge is 0.216 e. The largest absolute Gasteiger partial charge is 0.364 e. The Morgan fingerprint density at radius 3 is 2.70 bits per heavy atom. The number of hydrogen-bond donors (Lipinski definition) is 1. The van der Waals surface area contributed by atoms with Crippen LogP contribution in [0.3, 0.4) is 0 Å². The van der Waals surface area contributed by atoms with Crippen molar-refractivity contribution in [3.8, 4) is 0 Å². The molecule has 2 aromatic rings. The average Bonchev–Trinajstić information content (AvgIpc) is 3.01. The van der Waals surface area contributed by atoms with Crippen molar-refractivity contribution in [3.05, 3.63) is 29.5 Å². The minimum Gasteiger partial charge on any atom is -0.364 e. The fourth-order valence-corrected chi connectivity index (χ4v) is 2.04. The third-order valence-electron chi connectivity index (χ3n) is 3.58. The maximum absolute atomic E-state index is 14.0. The van der Waals surface area contributed by atoms with E-state index >= 15 is 0 Å². The lowest BCUT2D eigenvalue weighted by atomic mass is 10.2. The molecule has 0 aromatic carbocycles. The van der Waals surface area contributed by atoms with Crippen LogP contribution in [0.2, 0.25) is 0 Å². The first-order chi connectivity index (χ1) is 9.56. The zero-order valence-corrected chi connectivity index (χ0v) is 12.5. The second kappa shape index (κ2) is 6.07. The summed E-state index contributed by atoms with van der Waals surface area (Å²) < 4.78 is 17.3. The fourth-order valence-electron chi connectivity index (χ4n) is 2.04. The van der Waals surface area contributed by atoms with Crippen LogP contribution < -0.4 is 5.32 Å². The van der Waals surface area contributed by atoms with Crippen LogP contribution >= 0.6 is 0 Å². The summed E-state index contributed by atoms with van der Waals surface area (Å²) in [5.74, 6) is 0.493. The molecule has 1 atom stereocenters. The molecule has 110 valence electrons. The lowest BCUT2D eigenvalue weighted by molar-refractivity contribution is 0.464. The average molecular weight is 279 g/mol. The number of halogens is 1. The first kappa shape index (κ1) is 14.6. The molecule has 0 unspecified atom stereocenters. The topological polar surface area (TPSA) is 47.7 Å². The van der Waals surface area contributed by atoms with Gasteiger partial charge in [0.15, 0.2) is 0 Å². The second-order valence-corrected chi connectivity index (χ2v) is 4.96. The Labute approximate surface area is 118 Å². The van der Waals surface area contributed by atoms with Crippen molar-refractivity contribution in [1.82, 2.24) is 19.6 Å². The maximum atomic E-state index is 14.0. The Morgan fingerprint density at radius 1 is 1.35 bits per heavy atom. The number of nitrogens with zero attached hydrogens (tertiary/aromatic N) is 4. The SMILES string of the molecule is CC[C@H](C)n1ccc(NCc2c(C)nn(CC)c2F)n1. The van der Waals surface area contributed by atoms with Crippen LogP contribution in [0.15, 0.2) is 12.3 Å². The van der Waals surface area contributed by atoms with Gasteiger partial charge in [-0.05, 0) is 27.2 Å². The summed E-state index contributed by atoms with van der Waals surface area (Å²) in [4.78, 5) is 0. The molecular formula is C14H22FN5. The summed E-state index contributed by atoms with van der Waals surface area (Å²) in [6, 6.07) is 2.27. The highest BCUT2D eigenvalue weighted by molar-refractivity contribution is 5.34. The van der Waals surface area contributed by atoms with Gasteiger partial charge in [-0.25, -0.2) is 4.68 Å². The molecule has 0 saturated heterocycles. The van der Waals surface area contributed by atoms with Crippen molar-refractivity contribution in [2.45, 2.75) is 53.2 Å². The predicted octanol–water partition coefficient (Wildman–Crippen LogP) is 3.13. The summed E-state index contributed by atoms with van der Waals surface area (Å²) in [5.41, 5.74) is 1.32. The van der Waals surface area contributed by atoms with Gasteiger partial charge in [0.25, 0.3) is 0 Å². The highest BCUT2D eigenvalue weighted by atomic mass is 19.1. The molecule has 0 bridgehead atoms. The fraction of sp³-hybridized carbons (Fsp3) is 0.571. The highest BCUT2D eigenvalue weighted by Gasteiger charge is 2.14. The van der Waals surface area contributed by atoms with Gasteiger partial charge in [-0.15, -0.1) is 0 Å². The van der Waals surface area contributed by atoms with E-state index < -0.39 is 0 Å². The summed E-state index contributed by atoms with van der Waals surface area (Å²) in [6.07, 6.45) is 2.97. The maximum Gasteiger partial charge on any atom is 0.216 e. The Bertz CT molecular complexity index is 572. The minimum absolute atomic E-state index is 0.265. The number of anilines is 1. The van der Waals surface area contributed by atoms with Crippen molar-refractivity contribution in [3.63, 3.8) is 0 Å². The summed E-state index contributed by atoms with van der Waals surface area (Å²) in [5, 5.41) is 11.8. The predicted molar refractivity (Wildman–Crippen MR) is 77.2 cm³/mol. The molecule has 0 spiro atoms. The van der Waals surface area contributed by atoms with Crippen LogP contribution in [-0.4, -0.2) is 19.6 Å². The molecule has 2 aromatic heterocycles. The molecule has 1 N–H and O–H groups in total. The summed E-state index contributed by atoms with van der Waals surface area (Å²) in [6.45, 7) is 8.87. The molecule has 2 rings (SSSR count). The van der Waals surface area contributed by atoms with Crippen LogP contribution in [0.5, 0.6) is 0 Å². The molecule has 0 aliphatic carbocycles. The highest BCUT2D eigenvalue weighted by Crippen LogP contribution is 2.16. The Kier molecular flexibility index (Phi) is 4.42.